The summed E-state index contributed by atoms with van der Waals surface area (Å²) < 4.78 is 5.97. The van der Waals surface area contributed by atoms with Crippen LogP contribution in [0, 0.1) is 13.8 Å². The number of rotatable bonds is 2. The third kappa shape index (κ3) is 2.52. The predicted molar refractivity (Wildman–Crippen MR) is 98.9 cm³/mol. The van der Waals surface area contributed by atoms with E-state index in [-0.39, 0.29) is 0 Å². The van der Waals surface area contributed by atoms with E-state index in [2.05, 4.69) is 54.4 Å². The van der Waals surface area contributed by atoms with Gasteiger partial charge >= 0.3 is 0 Å². The maximum absolute atomic E-state index is 5.97. The van der Waals surface area contributed by atoms with Crippen molar-refractivity contribution in [1.29, 1.82) is 0 Å². The monoisotopic (exact) mass is 314 g/mol. The molecule has 0 spiro atoms. The lowest BCUT2D eigenvalue weighted by atomic mass is 10.1. The molecule has 3 aromatic rings. The molecule has 3 nitrogen and oxygen atoms in total. The van der Waals surface area contributed by atoms with E-state index >= 15 is 0 Å². The zero-order valence-corrected chi connectivity index (χ0v) is 14.2. The number of hydrogen-bond donors (Lipinski definition) is 0. The summed E-state index contributed by atoms with van der Waals surface area (Å²) in [6, 6.07) is 8.22. The summed E-state index contributed by atoms with van der Waals surface area (Å²) in [5, 5.41) is 2.19. The number of hydrogen-bond acceptors (Lipinski definition) is 3. The van der Waals surface area contributed by atoms with E-state index in [4.69, 9.17) is 4.42 Å². The van der Waals surface area contributed by atoms with Gasteiger partial charge in [-0.05, 0) is 43.2 Å². The topological polar surface area (TPSA) is 37.9 Å². The summed E-state index contributed by atoms with van der Waals surface area (Å²) in [5.74, 6) is 3.38. The minimum absolute atomic E-state index is 0.795. The third-order valence-electron chi connectivity index (χ3n) is 3.61. The van der Waals surface area contributed by atoms with Crippen molar-refractivity contribution in [3.8, 4) is 0 Å². The molecule has 0 aliphatic carbocycles. The normalized spacial score (nSPS) is 12.4. The van der Waals surface area contributed by atoms with Crippen molar-refractivity contribution in [3.05, 3.63) is 35.4 Å². The summed E-state index contributed by atoms with van der Waals surface area (Å²) >= 11 is 0. The number of aryl methyl sites for hydroxylation is 2. The number of furan rings is 1. The number of fused-ring (bicyclic) bond motifs is 3. The van der Waals surface area contributed by atoms with Crippen molar-refractivity contribution in [3.63, 3.8) is 0 Å². The summed E-state index contributed by atoms with van der Waals surface area (Å²) in [6.07, 6.45) is 0. The molecule has 3 rings (SSSR count). The highest BCUT2D eigenvalue weighted by atomic mass is 31.0. The van der Waals surface area contributed by atoms with Crippen molar-refractivity contribution in [1.82, 2.24) is 0 Å². The van der Waals surface area contributed by atoms with Crippen molar-refractivity contribution in [2.45, 2.75) is 13.8 Å². The Morgan fingerprint density at radius 2 is 1.33 bits per heavy atom. The van der Waals surface area contributed by atoms with Crippen LogP contribution in [0.25, 0.3) is 21.9 Å². The second kappa shape index (κ2) is 5.67. The van der Waals surface area contributed by atoms with Gasteiger partial charge < -0.3 is 4.42 Å². The number of nitrogens with zero attached hydrogens (tertiary/aromatic N) is 2. The average Bonchev–Trinajstić information content (AvgIpc) is 2.77. The second-order valence-electron chi connectivity index (χ2n) is 4.93. The Balaban J connectivity index is 2.40. The molecule has 0 saturated heterocycles. The van der Waals surface area contributed by atoms with E-state index in [0.29, 0.717) is 0 Å². The van der Waals surface area contributed by atoms with Gasteiger partial charge in [0.15, 0.2) is 0 Å². The molecule has 0 amide bonds. The van der Waals surface area contributed by atoms with Gasteiger partial charge in [-0.15, -0.1) is 0 Å². The van der Waals surface area contributed by atoms with Gasteiger partial charge in [-0.1, -0.05) is 18.5 Å². The van der Waals surface area contributed by atoms with Crippen LogP contribution in [-0.2, 0) is 0 Å². The number of aliphatic imine (C=N–C) groups is 2. The van der Waals surface area contributed by atoms with Gasteiger partial charge in [-0.3, -0.25) is 9.98 Å². The molecule has 0 bridgehead atoms. The molecule has 0 radical (unpaired) electrons. The van der Waals surface area contributed by atoms with E-state index in [1.54, 1.807) is 11.9 Å². The molecule has 2 unspecified atom stereocenters. The molecule has 2 aromatic carbocycles. The highest BCUT2D eigenvalue weighted by Gasteiger charge is 2.12. The molecule has 1 aromatic heterocycles. The maximum atomic E-state index is 5.97. The zero-order chi connectivity index (χ0) is 15.0. The van der Waals surface area contributed by atoms with E-state index in [1.165, 1.54) is 11.1 Å². The Hall–Kier alpha value is -1.56. The van der Waals surface area contributed by atoms with Gasteiger partial charge in [0, 0.05) is 28.8 Å². The Bertz CT molecular complexity index is 894. The average molecular weight is 314 g/mol. The molecule has 0 aliphatic heterocycles. The molecule has 2 atom stereocenters. The molecule has 5 heteroatoms. The van der Waals surface area contributed by atoms with Crippen LogP contribution < -0.4 is 0 Å². The molecule has 106 valence electrons. The second-order valence-corrected chi connectivity index (χ2v) is 5.52. The standard InChI is InChI=1S/C16H16N2OP2/c1-9-3-11-12-5-13(17-7-20)14(18-8-21)6-16(12)19-15(11)4-10(9)2/h3-8H,20-21H2,1-2H3. The fraction of sp³-hybridized carbons (Fsp3) is 0.125. The number of benzene rings is 2. The molecule has 0 aliphatic rings. The summed E-state index contributed by atoms with van der Waals surface area (Å²) in [4.78, 5) is 8.71. The van der Waals surface area contributed by atoms with Crippen molar-refractivity contribution in [2.75, 3.05) is 0 Å². The summed E-state index contributed by atoms with van der Waals surface area (Å²) in [6.45, 7) is 4.21. The molecule has 0 N–H and O–H groups in total. The molecule has 21 heavy (non-hydrogen) atoms. The smallest absolute Gasteiger partial charge is 0.137 e. The van der Waals surface area contributed by atoms with Crippen molar-refractivity contribution < 1.29 is 4.42 Å². The lowest BCUT2D eigenvalue weighted by Crippen LogP contribution is -1.78. The first-order valence-electron chi connectivity index (χ1n) is 6.60. The summed E-state index contributed by atoms with van der Waals surface area (Å²) in [5.41, 5.74) is 5.85. The SMILES string of the molecule is Cc1cc2oc3cc(N=CP)c(N=CP)cc3c2cc1C. The first-order chi connectivity index (χ1) is 10.1. The van der Waals surface area contributed by atoms with Gasteiger partial charge in [0.05, 0.1) is 11.4 Å². The fourth-order valence-electron chi connectivity index (χ4n) is 2.42. The van der Waals surface area contributed by atoms with Crippen LogP contribution in [0.4, 0.5) is 11.4 Å². The van der Waals surface area contributed by atoms with Crippen LogP contribution in [0.5, 0.6) is 0 Å². The Labute approximate surface area is 127 Å². The van der Waals surface area contributed by atoms with Crippen LogP contribution >= 0.6 is 18.5 Å². The molecule has 0 fully saturated rings. The molecule has 0 saturated carbocycles. The van der Waals surface area contributed by atoms with E-state index < -0.39 is 0 Å². The maximum Gasteiger partial charge on any atom is 0.137 e. The minimum Gasteiger partial charge on any atom is -0.456 e. The Kier molecular flexibility index (Phi) is 3.89. The Morgan fingerprint density at radius 3 is 2.00 bits per heavy atom. The van der Waals surface area contributed by atoms with E-state index in [9.17, 15) is 0 Å². The van der Waals surface area contributed by atoms with Gasteiger partial charge in [0.2, 0.25) is 0 Å². The van der Waals surface area contributed by atoms with Crippen molar-refractivity contribution in [2.24, 2.45) is 9.98 Å². The fourth-order valence-corrected chi connectivity index (χ4v) is 2.74. The first-order valence-corrected chi connectivity index (χ1v) is 7.93. The molecular weight excluding hydrogens is 298 g/mol. The lowest BCUT2D eigenvalue weighted by Gasteiger charge is -2.01. The van der Waals surface area contributed by atoms with Crippen molar-refractivity contribution >= 4 is 63.7 Å². The highest BCUT2D eigenvalue weighted by molar-refractivity contribution is 7.37. The largest absolute Gasteiger partial charge is 0.456 e. The van der Waals surface area contributed by atoms with Gasteiger partial charge in [-0.25, -0.2) is 0 Å². The Morgan fingerprint density at radius 1 is 0.810 bits per heavy atom. The van der Waals surface area contributed by atoms with Gasteiger partial charge in [-0.2, -0.15) is 0 Å². The quantitative estimate of drug-likeness (QED) is 0.469. The first kappa shape index (κ1) is 14.4. The third-order valence-corrected chi connectivity index (χ3v) is 3.91. The van der Waals surface area contributed by atoms with Gasteiger partial charge in [0.25, 0.3) is 0 Å². The van der Waals surface area contributed by atoms with E-state index in [1.807, 2.05) is 12.1 Å². The predicted octanol–water partition coefficient (Wildman–Crippen LogP) is 5.27. The lowest BCUT2D eigenvalue weighted by molar-refractivity contribution is 0.668. The van der Waals surface area contributed by atoms with Crippen LogP contribution in [0.1, 0.15) is 11.1 Å². The van der Waals surface area contributed by atoms with Crippen LogP contribution in [-0.4, -0.2) is 11.9 Å². The zero-order valence-electron chi connectivity index (χ0n) is 11.9. The van der Waals surface area contributed by atoms with Crippen LogP contribution in [0.3, 0.4) is 0 Å². The van der Waals surface area contributed by atoms with Crippen LogP contribution in [0.2, 0.25) is 0 Å². The van der Waals surface area contributed by atoms with Crippen LogP contribution in [0.15, 0.2) is 38.7 Å². The molecule has 1 heterocycles. The minimum atomic E-state index is 0.795. The van der Waals surface area contributed by atoms with E-state index in [0.717, 1.165) is 33.3 Å². The highest BCUT2D eigenvalue weighted by Crippen LogP contribution is 2.38. The van der Waals surface area contributed by atoms with Gasteiger partial charge in [0.1, 0.15) is 11.2 Å². The summed E-state index contributed by atoms with van der Waals surface area (Å²) in [7, 11) is 4.97. The molecular formula is C16H16N2OP2.